The van der Waals surface area contributed by atoms with Crippen LogP contribution in [0.5, 0.6) is 5.75 Å². The number of pyridine rings is 1. The number of furan rings is 1. The molecule has 2 saturated carbocycles. The highest BCUT2D eigenvalue weighted by Gasteiger charge is 2.45. The molecule has 7 rings (SSSR count). The number of rotatable bonds is 17. The number of alkyl carbamates (subject to hydrolysis) is 1. The first-order chi connectivity index (χ1) is 26.9. The number of benzene rings is 2. The van der Waals surface area contributed by atoms with E-state index in [9.17, 15) is 32.0 Å². The van der Waals surface area contributed by atoms with Crippen LogP contribution >= 0.6 is 0 Å². The summed E-state index contributed by atoms with van der Waals surface area (Å²) in [4.78, 5) is 57.9. The van der Waals surface area contributed by atoms with Gasteiger partial charge in [-0.1, -0.05) is 49.8 Å². The Morgan fingerprint density at radius 2 is 1.89 bits per heavy atom. The molecule has 2 aromatic heterocycles. The second kappa shape index (κ2) is 16.3. The maximum atomic E-state index is 14.6. The number of hydrogen-bond donors (Lipinski definition) is 3. The number of para-hydroxylation sites is 1. The topological polar surface area (TPSA) is 200 Å². The molecule has 3 aliphatic rings. The van der Waals surface area contributed by atoms with E-state index < -0.39 is 63.1 Å². The summed E-state index contributed by atoms with van der Waals surface area (Å²) in [5.74, 6) is -2.34. The smallest absolute Gasteiger partial charge is 0.408 e. The molecule has 5 atom stereocenters. The molecule has 56 heavy (non-hydrogen) atoms. The molecule has 0 unspecified atom stereocenters. The first-order valence-corrected chi connectivity index (χ1v) is 20.4. The van der Waals surface area contributed by atoms with E-state index in [1.54, 1.807) is 12.1 Å². The van der Waals surface area contributed by atoms with Gasteiger partial charge in [0.2, 0.25) is 27.7 Å². The summed E-state index contributed by atoms with van der Waals surface area (Å²) < 4.78 is 58.6. The van der Waals surface area contributed by atoms with Crippen LogP contribution < -0.4 is 20.5 Å². The van der Waals surface area contributed by atoms with E-state index >= 15 is 0 Å². The quantitative estimate of drug-likeness (QED) is 0.0951. The lowest BCUT2D eigenvalue weighted by Crippen LogP contribution is -2.53. The van der Waals surface area contributed by atoms with Gasteiger partial charge in [-0.05, 0) is 74.8 Å². The van der Waals surface area contributed by atoms with Crippen molar-refractivity contribution in [1.82, 2.24) is 19.9 Å². The molecular formula is C40H44FN5O9S. The van der Waals surface area contributed by atoms with Gasteiger partial charge < -0.3 is 29.8 Å². The highest BCUT2D eigenvalue weighted by molar-refractivity contribution is 7.90. The molecular weight excluding hydrogens is 746 g/mol. The number of likely N-dealkylation sites (tertiary alicyclic amines) is 1. The number of sulfonamides is 1. The molecule has 4 N–H and O–H groups in total. The number of unbranched alkanes of at least 4 members (excludes halogenated alkanes) is 3. The third-order valence-electron chi connectivity index (χ3n) is 10.4. The van der Waals surface area contributed by atoms with Crippen molar-refractivity contribution in [1.29, 1.82) is 0 Å². The summed E-state index contributed by atoms with van der Waals surface area (Å²) in [5.41, 5.74) is 7.66. The fourth-order valence-corrected chi connectivity index (χ4v) is 8.60. The summed E-state index contributed by atoms with van der Waals surface area (Å²) >= 11 is 0. The molecule has 14 nitrogen and oxygen atoms in total. The van der Waals surface area contributed by atoms with E-state index in [0.29, 0.717) is 66.1 Å². The van der Waals surface area contributed by atoms with Crippen molar-refractivity contribution in [2.75, 3.05) is 13.2 Å². The molecule has 3 heterocycles. The van der Waals surface area contributed by atoms with Gasteiger partial charge >= 0.3 is 6.09 Å². The SMILES string of the molecule is C=CCOC(=O)N[C@@H](CCCCC/C=C\[C@@H]1C[C@@H]1C(=O)NS(=O)(=O)C1CC1)C(=O)N1C[C@H](Oc2c3cc(F)ccc3nc3c2oc2ccccc23)C[C@H]1C(N)=O. The number of nitrogens with two attached hydrogens (primary N) is 1. The Morgan fingerprint density at radius 1 is 1.09 bits per heavy atom. The number of ether oxygens (including phenoxy) is 2. The number of halogens is 1. The number of allylic oxidation sites excluding steroid dienone is 2. The molecule has 3 fully saturated rings. The fourth-order valence-electron chi connectivity index (χ4n) is 7.25. The van der Waals surface area contributed by atoms with Crippen LogP contribution in [0, 0.1) is 17.7 Å². The van der Waals surface area contributed by atoms with Gasteiger partial charge in [0, 0.05) is 23.1 Å². The van der Waals surface area contributed by atoms with Crippen LogP contribution in [0.3, 0.4) is 0 Å². The van der Waals surface area contributed by atoms with E-state index in [-0.39, 0.29) is 43.6 Å². The van der Waals surface area contributed by atoms with Crippen LogP contribution in [0.4, 0.5) is 9.18 Å². The Bertz CT molecular complexity index is 2320. The monoisotopic (exact) mass is 789 g/mol. The van der Waals surface area contributed by atoms with Gasteiger partial charge in [0.05, 0.1) is 17.3 Å². The van der Waals surface area contributed by atoms with E-state index in [1.807, 2.05) is 30.4 Å². The molecule has 1 aliphatic heterocycles. The van der Waals surface area contributed by atoms with Gasteiger partial charge in [0.25, 0.3) is 0 Å². The third-order valence-corrected chi connectivity index (χ3v) is 12.3. The van der Waals surface area contributed by atoms with Gasteiger partial charge in [-0.25, -0.2) is 22.6 Å². The average Bonchev–Trinajstić information content (AvgIpc) is 4.10. The zero-order valence-electron chi connectivity index (χ0n) is 30.7. The molecule has 1 saturated heterocycles. The number of carbonyl (C=O) groups excluding carboxylic acids is 4. The number of carbonyl (C=O) groups is 4. The molecule has 0 radical (unpaired) electrons. The van der Waals surface area contributed by atoms with Crippen LogP contribution in [-0.2, 0) is 29.1 Å². The largest absolute Gasteiger partial charge is 0.484 e. The molecule has 2 aromatic carbocycles. The van der Waals surface area contributed by atoms with E-state index in [4.69, 9.17) is 24.6 Å². The second-order valence-corrected chi connectivity index (χ2v) is 16.6. The van der Waals surface area contributed by atoms with Crippen molar-refractivity contribution in [3.8, 4) is 5.75 Å². The highest BCUT2D eigenvalue weighted by Crippen LogP contribution is 2.42. The van der Waals surface area contributed by atoms with Crippen molar-refractivity contribution in [2.45, 2.75) is 81.2 Å². The lowest BCUT2D eigenvalue weighted by Gasteiger charge is -2.27. The van der Waals surface area contributed by atoms with E-state index in [1.165, 1.54) is 23.1 Å². The average molecular weight is 790 g/mol. The van der Waals surface area contributed by atoms with Gasteiger partial charge in [0.1, 0.15) is 41.7 Å². The maximum Gasteiger partial charge on any atom is 0.408 e. The second-order valence-electron chi connectivity index (χ2n) is 14.6. The number of nitrogens with one attached hydrogen (secondary N) is 2. The molecule has 16 heteroatoms. The Hall–Kier alpha value is -5.51. The van der Waals surface area contributed by atoms with Crippen LogP contribution in [0.25, 0.3) is 33.0 Å². The number of hydrogen-bond acceptors (Lipinski definition) is 10. The lowest BCUT2D eigenvalue weighted by molar-refractivity contribution is -0.139. The number of nitrogens with zero attached hydrogens (tertiary/aromatic N) is 2. The summed E-state index contributed by atoms with van der Waals surface area (Å²) in [5, 5.41) is 3.29. The van der Waals surface area contributed by atoms with Gasteiger partial charge in [-0.2, -0.15) is 0 Å². The molecule has 4 aromatic rings. The molecule has 296 valence electrons. The zero-order chi connectivity index (χ0) is 39.6. The normalized spacial score (nSPS) is 21.3. The number of amides is 4. The van der Waals surface area contributed by atoms with Crippen molar-refractivity contribution >= 4 is 66.8 Å². The van der Waals surface area contributed by atoms with Gasteiger partial charge in [0.15, 0.2) is 11.3 Å². The van der Waals surface area contributed by atoms with Gasteiger partial charge in [-0.15, -0.1) is 0 Å². The standard InChI is InChI=1S/C40H44FN5O9S/c1-2-18-53-40(50)44-31(12-7-5-3-4-6-10-23-19-28(23)38(48)45-56(51,52)26-15-16-26)39(49)46-22-25(21-32(46)37(42)47)54-35-29-20-24(41)14-17-30(29)43-34-27-11-8-9-13-33(27)55-36(34)35/h2,6,8-11,13-14,17,20,23,25-26,28,31-32H,1,3-5,7,12,15-16,18-19,21-22H2,(H2,42,47)(H,44,50)(H,45,48)/b10-6-/t23-,25-,28+,31+,32+/m1/s1. The minimum Gasteiger partial charge on any atom is -0.484 e. The third kappa shape index (κ3) is 8.64. The van der Waals surface area contributed by atoms with E-state index in [2.05, 4.69) is 16.6 Å². The zero-order valence-corrected chi connectivity index (χ0v) is 31.5. The van der Waals surface area contributed by atoms with Crippen LogP contribution in [0.2, 0.25) is 0 Å². The van der Waals surface area contributed by atoms with Crippen molar-refractivity contribution < 1.29 is 45.9 Å². The van der Waals surface area contributed by atoms with Crippen molar-refractivity contribution in [2.24, 2.45) is 17.6 Å². The summed E-state index contributed by atoms with van der Waals surface area (Å²) in [6.07, 6.45) is 8.54. The predicted molar refractivity (Wildman–Crippen MR) is 205 cm³/mol. The predicted octanol–water partition coefficient (Wildman–Crippen LogP) is 5.14. The van der Waals surface area contributed by atoms with E-state index in [0.717, 1.165) is 11.8 Å². The van der Waals surface area contributed by atoms with Crippen LogP contribution in [-0.4, -0.2) is 78.7 Å². The molecule has 0 spiro atoms. The number of fused-ring (bicyclic) bond motifs is 4. The minimum absolute atomic E-state index is 0.00633. The fraction of sp³-hybridized carbons (Fsp3) is 0.425. The summed E-state index contributed by atoms with van der Waals surface area (Å²) in [6, 6.07) is 9.36. The highest BCUT2D eigenvalue weighted by atomic mass is 32.2. The van der Waals surface area contributed by atoms with Crippen molar-refractivity contribution in [3.05, 3.63) is 73.1 Å². The maximum absolute atomic E-state index is 14.6. The first kappa shape index (κ1) is 38.8. The first-order valence-electron chi connectivity index (χ1n) is 18.9. The number of primary amides is 1. The Kier molecular flexibility index (Phi) is 11.3. The minimum atomic E-state index is -3.56. The lowest BCUT2D eigenvalue weighted by atomic mass is 10.0. The molecule has 4 amide bonds. The number of aromatic nitrogens is 1. The Labute approximate surface area is 322 Å². The summed E-state index contributed by atoms with van der Waals surface area (Å²) in [7, 11) is -3.56. The van der Waals surface area contributed by atoms with Crippen molar-refractivity contribution in [3.63, 3.8) is 0 Å². The molecule has 2 aliphatic carbocycles. The van der Waals surface area contributed by atoms with Gasteiger partial charge in [-0.3, -0.25) is 19.1 Å². The Morgan fingerprint density at radius 3 is 2.66 bits per heavy atom. The van der Waals surface area contributed by atoms with Crippen LogP contribution in [0.15, 0.2) is 71.7 Å². The summed E-state index contributed by atoms with van der Waals surface area (Å²) in [6.45, 7) is 3.42. The van der Waals surface area contributed by atoms with Crippen LogP contribution in [0.1, 0.15) is 57.8 Å². The Balaban J connectivity index is 0.995. The molecule has 0 bridgehead atoms.